The molecule has 1 atom stereocenters. The van der Waals surface area contributed by atoms with Crippen LogP contribution in [-0.4, -0.2) is 57.2 Å². The zero-order valence-corrected chi connectivity index (χ0v) is 25.7. The highest BCUT2D eigenvalue weighted by Crippen LogP contribution is 2.37. The van der Waals surface area contributed by atoms with Gasteiger partial charge < -0.3 is 28.4 Å². The van der Waals surface area contributed by atoms with Crippen molar-refractivity contribution >= 4 is 29.4 Å². The molecule has 1 aliphatic heterocycles. The quantitative estimate of drug-likeness (QED) is 0.285. The van der Waals surface area contributed by atoms with E-state index in [2.05, 4.69) is 9.73 Å². The van der Waals surface area contributed by atoms with Gasteiger partial charge in [-0.2, -0.15) is 0 Å². The molecule has 0 fully saturated rings. The first-order chi connectivity index (χ1) is 20.8. The highest BCUT2D eigenvalue weighted by molar-refractivity contribution is 7.07. The first-order valence-electron chi connectivity index (χ1n) is 13.7. The van der Waals surface area contributed by atoms with Gasteiger partial charge in [-0.1, -0.05) is 29.5 Å². The monoisotopic (exact) mass is 610 g/mol. The lowest BCUT2D eigenvalue weighted by molar-refractivity contribution is -0.143. The van der Waals surface area contributed by atoms with Crippen LogP contribution < -0.4 is 33.8 Å². The molecule has 0 amide bonds. The summed E-state index contributed by atoms with van der Waals surface area (Å²) in [5.74, 6) is 0.565. The van der Waals surface area contributed by atoms with Crippen molar-refractivity contribution in [2.45, 2.75) is 33.7 Å². The molecule has 0 N–H and O–H groups in total. The molecule has 12 heteroatoms. The van der Waals surface area contributed by atoms with Crippen LogP contribution in [0.3, 0.4) is 0 Å². The van der Waals surface area contributed by atoms with E-state index >= 15 is 0 Å². The fourth-order valence-electron chi connectivity index (χ4n) is 4.63. The van der Waals surface area contributed by atoms with Crippen molar-refractivity contribution in [2.75, 3.05) is 40.6 Å². The van der Waals surface area contributed by atoms with Gasteiger partial charge in [0, 0.05) is 5.56 Å². The minimum Gasteiger partial charge on any atom is -0.493 e. The first kappa shape index (κ1) is 31.4. The molecular weight excluding hydrogens is 576 g/mol. The Hall–Kier alpha value is -4.58. The van der Waals surface area contributed by atoms with E-state index in [-0.39, 0.29) is 24.3 Å². The molecule has 0 aliphatic carbocycles. The topological polar surface area (TPSA) is 124 Å². The van der Waals surface area contributed by atoms with Gasteiger partial charge in [-0.3, -0.25) is 9.36 Å². The molecule has 1 aromatic heterocycles. The van der Waals surface area contributed by atoms with Gasteiger partial charge in [0.15, 0.2) is 34.4 Å². The summed E-state index contributed by atoms with van der Waals surface area (Å²) >= 11 is 1.20. The van der Waals surface area contributed by atoms with Crippen LogP contribution in [0, 0.1) is 0 Å². The molecule has 0 bridgehead atoms. The fourth-order valence-corrected chi connectivity index (χ4v) is 5.67. The Balaban J connectivity index is 1.92. The van der Waals surface area contributed by atoms with Crippen LogP contribution in [0.2, 0.25) is 0 Å². The number of methoxy groups -OCH3 is 2. The predicted octanol–water partition coefficient (Wildman–Crippen LogP) is 3.16. The molecule has 1 aliphatic rings. The number of nitrogens with zero attached hydrogens (tertiary/aromatic N) is 2. The van der Waals surface area contributed by atoms with E-state index in [1.807, 2.05) is 26.0 Å². The summed E-state index contributed by atoms with van der Waals surface area (Å²) in [5.41, 5.74) is 1.53. The molecule has 11 nitrogen and oxygen atoms in total. The van der Waals surface area contributed by atoms with E-state index in [1.165, 1.54) is 23.0 Å². The maximum atomic E-state index is 14.1. The Morgan fingerprint density at radius 2 is 1.74 bits per heavy atom. The number of esters is 2. The predicted molar refractivity (Wildman–Crippen MR) is 160 cm³/mol. The van der Waals surface area contributed by atoms with Crippen LogP contribution in [0.4, 0.5) is 0 Å². The van der Waals surface area contributed by atoms with Gasteiger partial charge in [-0.05, 0) is 57.5 Å². The molecule has 2 aromatic carbocycles. The number of rotatable bonds is 12. The van der Waals surface area contributed by atoms with Crippen molar-refractivity contribution in [1.29, 1.82) is 0 Å². The Bertz CT molecular complexity index is 1720. The van der Waals surface area contributed by atoms with E-state index in [0.717, 1.165) is 0 Å². The largest absolute Gasteiger partial charge is 0.493 e. The third-order valence-corrected chi connectivity index (χ3v) is 7.46. The Kier molecular flexibility index (Phi) is 10.3. The molecule has 3 aromatic rings. The SMILES string of the molecule is CCOC(=O)C1=C(C)N=c2s/c(=C/c3cccc(OC)c3OCC)c(=O)n2[C@@H]1c1ccc(OCC(=O)OC)c(OCC)c1. The normalized spacial score (nSPS) is 14.5. The number of aromatic nitrogens is 1. The molecular formula is C31H34N2O9S. The van der Waals surface area contributed by atoms with Crippen molar-refractivity contribution in [1.82, 2.24) is 4.57 Å². The van der Waals surface area contributed by atoms with Gasteiger partial charge in [0.1, 0.15) is 0 Å². The minimum absolute atomic E-state index is 0.146. The van der Waals surface area contributed by atoms with Crippen molar-refractivity contribution in [3.05, 3.63) is 78.5 Å². The van der Waals surface area contributed by atoms with E-state index < -0.39 is 18.0 Å². The molecule has 0 radical (unpaired) electrons. The summed E-state index contributed by atoms with van der Waals surface area (Å²) in [4.78, 5) is 44.1. The second-order valence-corrected chi connectivity index (χ2v) is 10.1. The zero-order valence-electron chi connectivity index (χ0n) is 24.9. The second kappa shape index (κ2) is 14.1. The van der Waals surface area contributed by atoms with Gasteiger partial charge in [0.05, 0.1) is 55.9 Å². The summed E-state index contributed by atoms with van der Waals surface area (Å²) in [6.07, 6.45) is 1.73. The summed E-state index contributed by atoms with van der Waals surface area (Å²) in [6, 6.07) is 9.59. The third-order valence-electron chi connectivity index (χ3n) is 6.48. The minimum atomic E-state index is -0.872. The number of benzene rings is 2. The highest BCUT2D eigenvalue weighted by atomic mass is 32.1. The number of ether oxygens (including phenoxy) is 6. The van der Waals surface area contributed by atoms with Gasteiger partial charge in [-0.15, -0.1) is 0 Å². The number of carbonyl (C=O) groups excluding carboxylic acids is 2. The second-order valence-electron chi connectivity index (χ2n) is 9.12. The van der Waals surface area contributed by atoms with Crippen molar-refractivity contribution in [3.8, 4) is 23.0 Å². The summed E-state index contributed by atoms with van der Waals surface area (Å²) in [5, 5.41) is 0. The number of thiazole rings is 1. The first-order valence-corrected chi connectivity index (χ1v) is 14.5. The van der Waals surface area contributed by atoms with E-state index in [0.29, 0.717) is 62.4 Å². The molecule has 4 rings (SSSR count). The maximum absolute atomic E-state index is 14.1. The number of fused-ring (bicyclic) bond motifs is 1. The van der Waals surface area contributed by atoms with Crippen LogP contribution in [0.25, 0.3) is 6.08 Å². The molecule has 2 heterocycles. The number of allylic oxidation sites excluding steroid dienone is 1. The van der Waals surface area contributed by atoms with Crippen molar-refractivity contribution < 1.29 is 38.0 Å². The van der Waals surface area contributed by atoms with Crippen LogP contribution >= 0.6 is 11.3 Å². The molecule has 0 saturated heterocycles. The maximum Gasteiger partial charge on any atom is 0.343 e. The standard InChI is InChI=1S/C31H34N2O9S/c1-7-39-23-15-19(13-14-21(23)42-17-25(34)38-6)27-26(30(36)41-9-3)18(4)32-31-33(27)29(35)24(43-31)16-20-11-10-12-22(37-5)28(20)40-8-2/h10-16,27H,7-9,17H2,1-6H3/b24-16+/t27-/m1/s1. The van der Waals surface area contributed by atoms with Gasteiger partial charge in [0.2, 0.25) is 0 Å². The average Bonchev–Trinajstić information content (AvgIpc) is 3.30. The van der Waals surface area contributed by atoms with Crippen molar-refractivity contribution in [2.24, 2.45) is 4.99 Å². The van der Waals surface area contributed by atoms with E-state index in [9.17, 15) is 14.4 Å². The summed E-state index contributed by atoms with van der Waals surface area (Å²) in [7, 11) is 2.82. The molecule has 0 unspecified atom stereocenters. The van der Waals surface area contributed by atoms with Gasteiger partial charge >= 0.3 is 11.9 Å². The number of hydrogen-bond donors (Lipinski definition) is 0. The molecule has 43 heavy (non-hydrogen) atoms. The number of para-hydroxylation sites is 1. The lowest BCUT2D eigenvalue weighted by Gasteiger charge is -2.25. The Labute approximate surface area is 252 Å². The van der Waals surface area contributed by atoms with E-state index in [4.69, 9.17) is 23.7 Å². The van der Waals surface area contributed by atoms with Crippen LogP contribution in [0.1, 0.15) is 44.9 Å². The van der Waals surface area contributed by atoms with Gasteiger partial charge in [0.25, 0.3) is 5.56 Å². The number of carbonyl (C=O) groups is 2. The Morgan fingerprint density at radius 1 is 0.977 bits per heavy atom. The van der Waals surface area contributed by atoms with Crippen molar-refractivity contribution in [3.63, 3.8) is 0 Å². The third kappa shape index (κ3) is 6.59. The zero-order chi connectivity index (χ0) is 31.1. The average molecular weight is 611 g/mol. The van der Waals surface area contributed by atoms with Gasteiger partial charge in [-0.25, -0.2) is 14.6 Å². The van der Waals surface area contributed by atoms with Crippen LogP contribution in [0.5, 0.6) is 23.0 Å². The van der Waals surface area contributed by atoms with Crippen LogP contribution in [-0.2, 0) is 19.1 Å². The molecule has 0 saturated carbocycles. The number of hydrogen-bond acceptors (Lipinski definition) is 11. The summed E-state index contributed by atoms with van der Waals surface area (Å²) in [6.45, 7) is 7.65. The van der Waals surface area contributed by atoms with Crippen LogP contribution in [0.15, 0.2) is 57.5 Å². The Morgan fingerprint density at radius 3 is 2.42 bits per heavy atom. The molecule has 228 valence electrons. The lowest BCUT2D eigenvalue weighted by Crippen LogP contribution is -2.40. The fraction of sp³-hybridized carbons (Fsp3) is 0.355. The lowest BCUT2D eigenvalue weighted by atomic mass is 9.95. The summed E-state index contributed by atoms with van der Waals surface area (Å²) < 4.78 is 34.7. The smallest absolute Gasteiger partial charge is 0.343 e. The van der Waals surface area contributed by atoms with E-state index in [1.54, 1.807) is 51.3 Å². The molecule has 0 spiro atoms. The highest BCUT2D eigenvalue weighted by Gasteiger charge is 2.34.